The zero-order chi connectivity index (χ0) is 12.4. The molecule has 0 aliphatic carbocycles. The Morgan fingerprint density at radius 2 is 1.71 bits per heavy atom. The molecule has 0 aliphatic heterocycles. The predicted molar refractivity (Wildman–Crippen MR) is 67.9 cm³/mol. The Morgan fingerprint density at radius 3 is 2.35 bits per heavy atom. The lowest BCUT2D eigenvalue weighted by Gasteiger charge is -2.14. The van der Waals surface area contributed by atoms with E-state index in [1.165, 1.54) is 6.07 Å². The monoisotopic (exact) mass is 230 g/mol. The molecule has 0 aliphatic rings. The molecular weight excluding hydrogens is 215 g/mol. The van der Waals surface area contributed by atoms with E-state index in [0.717, 1.165) is 16.7 Å². The van der Waals surface area contributed by atoms with Crippen LogP contribution >= 0.6 is 0 Å². The molecule has 2 heteroatoms. The van der Waals surface area contributed by atoms with Crippen molar-refractivity contribution in [2.75, 3.05) is 7.11 Å². The minimum atomic E-state index is -0.205. The van der Waals surface area contributed by atoms with Crippen molar-refractivity contribution in [3.63, 3.8) is 0 Å². The van der Waals surface area contributed by atoms with Crippen molar-refractivity contribution in [1.29, 1.82) is 0 Å². The third-order valence-electron chi connectivity index (χ3n) is 2.99. The molecule has 1 nitrogen and oxygen atoms in total. The van der Waals surface area contributed by atoms with E-state index in [1.54, 1.807) is 20.1 Å². The topological polar surface area (TPSA) is 9.23 Å². The molecular formula is C15H15FO. The summed E-state index contributed by atoms with van der Waals surface area (Å²) in [5.74, 6) is 0.502. The standard InChI is InChI=1S/C15H15FO/c1-10-6-4-5-7-12(10)15-11(2)13(16)8-9-14(15)17-3/h4-9H,1-3H3. The van der Waals surface area contributed by atoms with Crippen molar-refractivity contribution >= 4 is 0 Å². The highest BCUT2D eigenvalue weighted by molar-refractivity contribution is 5.76. The van der Waals surface area contributed by atoms with Crippen LogP contribution in [0.15, 0.2) is 36.4 Å². The first kappa shape index (κ1) is 11.6. The van der Waals surface area contributed by atoms with Gasteiger partial charge in [0.15, 0.2) is 0 Å². The zero-order valence-electron chi connectivity index (χ0n) is 10.3. The van der Waals surface area contributed by atoms with E-state index >= 15 is 0 Å². The van der Waals surface area contributed by atoms with Gasteiger partial charge in [0.25, 0.3) is 0 Å². The molecule has 0 amide bonds. The lowest BCUT2D eigenvalue weighted by molar-refractivity contribution is 0.415. The van der Waals surface area contributed by atoms with Crippen molar-refractivity contribution in [3.8, 4) is 16.9 Å². The van der Waals surface area contributed by atoms with E-state index in [0.29, 0.717) is 11.3 Å². The smallest absolute Gasteiger partial charge is 0.127 e. The minimum Gasteiger partial charge on any atom is -0.496 e. The van der Waals surface area contributed by atoms with Gasteiger partial charge in [-0.2, -0.15) is 0 Å². The van der Waals surface area contributed by atoms with Crippen LogP contribution < -0.4 is 4.74 Å². The average Bonchev–Trinajstić information content (AvgIpc) is 2.34. The molecule has 0 N–H and O–H groups in total. The number of ether oxygens (including phenoxy) is 1. The van der Waals surface area contributed by atoms with Gasteiger partial charge in [-0.15, -0.1) is 0 Å². The van der Waals surface area contributed by atoms with Gasteiger partial charge >= 0.3 is 0 Å². The summed E-state index contributed by atoms with van der Waals surface area (Å²) in [5, 5.41) is 0. The molecule has 0 radical (unpaired) electrons. The zero-order valence-corrected chi connectivity index (χ0v) is 10.3. The number of methoxy groups -OCH3 is 1. The molecule has 0 bridgehead atoms. The Bertz CT molecular complexity index is 547. The van der Waals surface area contributed by atoms with Gasteiger partial charge in [-0.3, -0.25) is 0 Å². The van der Waals surface area contributed by atoms with Crippen LogP contribution in [0.4, 0.5) is 4.39 Å². The van der Waals surface area contributed by atoms with Gasteiger partial charge in [0.2, 0.25) is 0 Å². The molecule has 0 aromatic heterocycles. The second-order valence-corrected chi connectivity index (χ2v) is 4.06. The van der Waals surface area contributed by atoms with Crippen LogP contribution in [0.5, 0.6) is 5.75 Å². The van der Waals surface area contributed by atoms with Gasteiger partial charge in [-0.25, -0.2) is 4.39 Å². The molecule has 0 atom stereocenters. The van der Waals surface area contributed by atoms with Crippen LogP contribution in [0.25, 0.3) is 11.1 Å². The van der Waals surface area contributed by atoms with E-state index in [9.17, 15) is 4.39 Å². The summed E-state index contributed by atoms with van der Waals surface area (Å²) in [4.78, 5) is 0. The van der Waals surface area contributed by atoms with E-state index in [4.69, 9.17) is 4.74 Å². The van der Waals surface area contributed by atoms with Gasteiger partial charge in [0.1, 0.15) is 11.6 Å². The SMILES string of the molecule is COc1ccc(F)c(C)c1-c1ccccc1C. The Kier molecular flexibility index (Phi) is 3.14. The molecule has 0 saturated carbocycles. The number of aryl methyl sites for hydroxylation is 1. The molecule has 2 rings (SSSR count). The number of rotatable bonds is 2. The summed E-state index contributed by atoms with van der Waals surface area (Å²) >= 11 is 0. The van der Waals surface area contributed by atoms with Crippen LogP contribution in [0, 0.1) is 19.7 Å². The van der Waals surface area contributed by atoms with Crippen LogP contribution in [0.1, 0.15) is 11.1 Å². The van der Waals surface area contributed by atoms with E-state index in [-0.39, 0.29) is 5.82 Å². The number of halogens is 1. The maximum absolute atomic E-state index is 13.7. The summed E-state index contributed by atoms with van der Waals surface area (Å²) in [6.45, 7) is 3.79. The maximum atomic E-state index is 13.7. The molecule has 2 aromatic carbocycles. The summed E-state index contributed by atoms with van der Waals surface area (Å²) in [6.07, 6.45) is 0. The van der Waals surface area contributed by atoms with Crippen molar-refractivity contribution in [2.24, 2.45) is 0 Å². The molecule has 88 valence electrons. The fourth-order valence-electron chi connectivity index (χ4n) is 2.02. The maximum Gasteiger partial charge on any atom is 0.127 e. The second kappa shape index (κ2) is 4.58. The molecule has 0 saturated heterocycles. The van der Waals surface area contributed by atoms with Crippen LogP contribution in [-0.2, 0) is 0 Å². The fourth-order valence-corrected chi connectivity index (χ4v) is 2.02. The van der Waals surface area contributed by atoms with Gasteiger partial charge in [-0.05, 0) is 42.7 Å². The van der Waals surface area contributed by atoms with Gasteiger partial charge in [0.05, 0.1) is 7.11 Å². The van der Waals surface area contributed by atoms with Gasteiger partial charge < -0.3 is 4.74 Å². The average molecular weight is 230 g/mol. The Hall–Kier alpha value is -1.83. The van der Waals surface area contributed by atoms with Crippen molar-refractivity contribution in [3.05, 3.63) is 53.3 Å². The highest BCUT2D eigenvalue weighted by Crippen LogP contribution is 2.35. The highest BCUT2D eigenvalue weighted by Gasteiger charge is 2.13. The molecule has 0 unspecified atom stereocenters. The lowest BCUT2D eigenvalue weighted by atomic mass is 9.95. The van der Waals surface area contributed by atoms with E-state index in [2.05, 4.69) is 0 Å². The quantitative estimate of drug-likeness (QED) is 0.754. The first-order valence-corrected chi connectivity index (χ1v) is 5.54. The van der Waals surface area contributed by atoms with Crippen molar-refractivity contribution in [1.82, 2.24) is 0 Å². The Balaban J connectivity index is 2.74. The number of hydrogen-bond acceptors (Lipinski definition) is 1. The van der Waals surface area contributed by atoms with Crippen LogP contribution in [0.2, 0.25) is 0 Å². The summed E-state index contributed by atoms with van der Waals surface area (Å²) < 4.78 is 19.0. The summed E-state index contributed by atoms with van der Waals surface area (Å²) in [6, 6.07) is 11.0. The first-order chi connectivity index (χ1) is 8.15. The molecule has 0 fully saturated rings. The minimum absolute atomic E-state index is 0.205. The lowest BCUT2D eigenvalue weighted by Crippen LogP contribution is -1.95. The Morgan fingerprint density at radius 1 is 1.00 bits per heavy atom. The van der Waals surface area contributed by atoms with Crippen LogP contribution in [0.3, 0.4) is 0 Å². The molecule has 17 heavy (non-hydrogen) atoms. The third kappa shape index (κ3) is 2.03. The Labute approximate surface area is 101 Å². The second-order valence-electron chi connectivity index (χ2n) is 4.06. The first-order valence-electron chi connectivity index (χ1n) is 5.54. The molecule has 2 aromatic rings. The van der Waals surface area contributed by atoms with Gasteiger partial charge in [-0.1, -0.05) is 24.3 Å². The summed E-state index contributed by atoms with van der Waals surface area (Å²) in [5.41, 5.74) is 3.59. The fraction of sp³-hybridized carbons (Fsp3) is 0.200. The highest BCUT2D eigenvalue weighted by atomic mass is 19.1. The van der Waals surface area contributed by atoms with E-state index in [1.807, 2.05) is 31.2 Å². The third-order valence-corrected chi connectivity index (χ3v) is 2.99. The normalized spacial score (nSPS) is 10.4. The number of benzene rings is 2. The molecule has 0 heterocycles. The predicted octanol–water partition coefficient (Wildman–Crippen LogP) is 4.12. The van der Waals surface area contributed by atoms with Gasteiger partial charge in [0, 0.05) is 5.56 Å². The largest absolute Gasteiger partial charge is 0.496 e. The molecule has 0 spiro atoms. The van der Waals surface area contributed by atoms with Crippen molar-refractivity contribution in [2.45, 2.75) is 13.8 Å². The number of hydrogen-bond donors (Lipinski definition) is 0. The summed E-state index contributed by atoms with van der Waals surface area (Å²) in [7, 11) is 1.61. The van der Waals surface area contributed by atoms with E-state index < -0.39 is 0 Å². The van der Waals surface area contributed by atoms with Crippen molar-refractivity contribution < 1.29 is 9.13 Å². The van der Waals surface area contributed by atoms with Crippen LogP contribution in [-0.4, -0.2) is 7.11 Å².